The van der Waals surface area contributed by atoms with E-state index in [2.05, 4.69) is 11.9 Å². The van der Waals surface area contributed by atoms with Crippen LogP contribution in [0.25, 0.3) is 0 Å². The average molecular weight is 214 g/mol. The maximum atomic E-state index is 8.97. The number of aromatic nitrogens is 2. The molecule has 0 saturated heterocycles. The van der Waals surface area contributed by atoms with Gasteiger partial charge < -0.3 is 9.67 Å². The van der Waals surface area contributed by atoms with Crippen LogP contribution in [0.15, 0.2) is 11.4 Å². The lowest BCUT2D eigenvalue weighted by molar-refractivity contribution is 0.271. The maximum absolute atomic E-state index is 8.97. The number of rotatable bonds is 6. The molecule has 80 valence electrons. The van der Waals surface area contributed by atoms with E-state index in [4.69, 9.17) is 5.11 Å². The zero-order chi connectivity index (χ0) is 10.4. The van der Waals surface area contributed by atoms with E-state index < -0.39 is 0 Å². The normalized spacial score (nSPS) is 10.8. The van der Waals surface area contributed by atoms with Gasteiger partial charge in [-0.25, -0.2) is 4.98 Å². The standard InChI is InChI=1S/C10H18N2OS/c1-3-4-5-6-14-10-11-7-9(8-13)12(10)2/h7,13H,3-6,8H2,1-2H3. The van der Waals surface area contributed by atoms with Gasteiger partial charge in [0.25, 0.3) is 0 Å². The van der Waals surface area contributed by atoms with E-state index in [-0.39, 0.29) is 6.61 Å². The summed E-state index contributed by atoms with van der Waals surface area (Å²) in [6.07, 6.45) is 5.51. The third-order valence-electron chi connectivity index (χ3n) is 2.18. The highest BCUT2D eigenvalue weighted by Crippen LogP contribution is 2.18. The molecule has 1 N–H and O–H groups in total. The molecule has 0 atom stereocenters. The van der Waals surface area contributed by atoms with Crippen molar-refractivity contribution in [1.82, 2.24) is 9.55 Å². The summed E-state index contributed by atoms with van der Waals surface area (Å²) in [5.41, 5.74) is 0.878. The number of thioether (sulfide) groups is 1. The largest absolute Gasteiger partial charge is 0.390 e. The van der Waals surface area contributed by atoms with Crippen LogP contribution in [0.4, 0.5) is 0 Å². The summed E-state index contributed by atoms with van der Waals surface area (Å²) in [7, 11) is 1.95. The monoisotopic (exact) mass is 214 g/mol. The van der Waals surface area contributed by atoms with Crippen LogP contribution >= 0.6 is 11.8 Å². The van der Waals surface area contributed by atoms with E-state index in [1.807, 2.05) is 11.6 Å². The molecular formula is C10H18N2OS. The van der Waals surface area contributed by atoms with Gasteiger partial charge in [0.15, 0.2) is 5.16 Å². The Morgan fingerprint density at radius 3 is 2.86 bits per heavy atom. The quantitative estimate of drug-likeness (QED) is 0.582. The Bertz CT molecular complexity index is 273. The molecule has 1 aromatic heterocycles. The summed E-state index contributed by atoms with van der Waals surface area (Å²) in [4.78, 5) is 4.25. The minimum Gasteiger partial charge on any atom is -0.390 e. The van der Waals surface area contributed by atoms with Crippen molar-refractivity contribution in [2.24, 2.45) is 7.05 Å². The topological polar surface area (TPSA) is 38.1 Å². The molecule has 0 saturated carbocycles. The van der Waals surface area contributed by atoms with Crippen LogP contribution in [0, 0.1) is 0 Å². The molecule has 0 bridgehead atoms. The van der Waals surface area contributed by atoms with Crippen LogP contribution in [0.3, 0.4) is 0 Å². The molecular weight excluding hydrogens is 196 g/mol. The lowest BCUT2D eigenvalue weighted by atomic mass is 10.3. The zero-order valence-electron chi connectivity index (χ0n) is 8.86. The zero-order valence-corrected chi connectivity index (χ0v) is 9.68. The first-order valence-corrected chi connectivity index (χ1v) is 6.02. The van der Waals surface area contributed by atoms with E-state index in [0.717, 1.165) is 16.6 Å². The van der Waals surface area contributed by atoms with E-state index in [1.54, 1.807) is 18.0 Å². The van der Waals surface area contributed by atoms with Gasteiger partial charge in [-0.1, -0.05) is 31.5 Å². The second-order valence-electron chi connectivity index (χ2n) is 3.30. The minimum absolute atomic E-state index is 0.0685. The Kier molecular flexibility index (Phi) is 5.04. The summed E-state index contributed by atoms with van der Waals surface area (Å²) in [6, 6.07) is 0. The van der Waals surface area contributed by atoms with Gasteiger partial charge in [-0.05, 0) is 6.42 Å². The first-order chi connectivity index (χ1) is 6.79. The summed E-state index contributed by atoms with van der Waals surface area (Å²) in [6.45, 7) is 2.27. The van der Waals surface area contributed by atoms with Crippen LogP contribution in [-0.2, 0) is 13.7 Å². The van der Waals surface area contributed by atoms with Gasteiger partial charge in [-0.2, -0.15) is 0 Å². The van der Waals surface area contributed by atoms with Gasteiger partial charge >= 0.3 is 0 Å². The molecule has 0 amide bonds. The predicted octanol–water partition coefficient (Wildman–Crippen LogP) is 2.19. The maximum Gasteiger partial charge on any atom is 0.167 e. The van der Waals surface area contributed by atoms with Crippen molar-refractivity contribution < 1.29 is 5.11 Å². The molecule has 14 heavy (non-hydrogen) atoms. The van der Waals surface area contributed by atoms with Crippen molar-refractivity contribution in [2.45, 2.75) is 37.9 Å². The molecule has 1 rings (SSSR count). The Morgan fingerprint density at radius 1 is 1.50 bits per heavy atom. The third kappa shape index (κ3) is 3.03. The number of aliphatic hydroxyl groups is 1. The number of unbranched alkanes of at least 4 members (excludes halogenated alkanes) is 2. The Balaban J connectivity index is 2.39. The summed E-state index contributed by atoms with van der Waals surface area (Å²) in [5, 5.41) is 9.98. The Hall–Kier alpha value is -0.480. The minimum atomic E-state index is 0.0685. The molecule has 4 heteroatoms. The van der Waals surface area contributed by atoms with Crippen molar-refractivity contribution in [1.29, 1.82) is 0 Å². The van der Waals surface area contributed by atoms with Gasteiger partial charge in [0.2, 0.25) is 0 Å². The number of imidazole rings is 1. The van der Waals surface area contributed by atoms with Crippen LogP contribution in [-0.4, -0.2) is 20.4 Å². The van der Waals surface area contributed by atoms with Crippen LogP contribution in [0.2, 0.25) is 0 Å². The highest BCUT2D eigenvalue weighted by molar-refractivity contribution is 7.99. The second-order valence-corrected chi connectivity index (χ2v) is 4.37. The number of nitrogens with zero attached hydrogens (tertiary/aromatic N) is 2. The van der Waals surface area contributed by atoms with Gasteiger partial charge in [0, 0.05) is 12.8 Å². The van der Waals surface area contributed by atoms with Crippen LogP contribution in [0.5, 0.6) is 0 Å². The number of hydrogen-bond donors (Lipinski definition) is 1. The lowest BCUT2D eigenvalue weighted by Gasteiger charge is -2.03. The molecule has 0 fully saturated rings. The Morgan fingerprint density at radius 2 is 2.29 bits per heavy atom. The predicted molar refractivity (Wildman–Crippen MR) is 59.4 cm³/mol. The highest BCUT2D eigenvalue weighted by atomic mass is 32.2. The fourth-order valence-electron chi connectivity index (χ4n) is 1.22. The van der Waals surface area contributed by atoms with Gasteiger partial charge in [0.1, 0.15) is 0 Å². The highest BCUT2D eigenvalue weighted by Gasteiger charge is 2.04. The van der Waals surface area contributed by atoms with Crippen molar-refractivity contribution in [3.8, 4) is 0 Å². The van der Waals surface area contributed by atoms with Crippen molar-refractivity contribution in [2.75, 3.05) is 5.75 Å². The third-order valence-corrected chi connectivity index (χ3v) is 3.31. The molecule has 3 nitrogen and oxygen atoms in total. The molecule has 0 aliphatic rings. The summed E-state index contributed by atoms with van der Waals surface area (Å²) >= 11 is 1.76. The van der Waals surface area contributed by atoms with Crippen molar-refractivity contribution >= 4 is 11.8 Å². The SMILES string of the molecule is CCCCCSc1ncc(CO)n1C. The van der Waals surface area contributed by atoms with Gasteiger partial charge in [0.05, 0.1) is 18.5 Å². The molecule has 0 aliphatic carbocycles. The van der Waals surface area contributed by atoms with Gasteiger partial charge in [-0.15, -0.1) is 0 Å². The second kappa shape index (κ2) is 6.09. The molecule has 0 unspecified atom stereocenters. The number of hydrogen-bond acceptors (Lipinski definition) is 3. The smallest absolute Gasteiger partial charge is 0.167 e. The average Bonchev–Trinajstić information content (AvgIpc) is 2.55. The lowest BCUT2D eigenvalue weighted by Crippen LogP contribution is -1.97. The van der Waals surface area contributed by atoms with E-state index >= 15 is 0 Å². The fraction of sp³-hybridized carbons (Fsp3) is 0.700. The fourth-order valence-corrected chi connectivity index (χ4v) is 2.19. The first-order valence-electron chi connectivity index (χ1n) is 5.03. The van der Waals surface area contributed by atoms with Crippen LogP contribution < -0.4 is 0 Å². The number of aliphatic hydroxyl groups excluding tert-OH is 1. The molecule has 1 heterocycles. The molecule has 0 aromatic carbocycles. The molecule has 1 aromatic rings. The molecule has 0 spiro atoms. The molecule has 0 aliphatic heterocycles. The van der Waals surface area contributed by atoms with E-state index in [9.17, 15) is 0 Å². The van der Waals surface area contributed by atoms with Gasteiger partial charge in [-0.3, -0.25) is 0 Å². The van der Waals surface area contributed by atoms with E-state index in [0.29, 0.717) is 0 Å². The molecule has 0 radical (unpaired) electrons. The first kappa shape index (κ1) is 11.6. The van der Waals surface area contributed by atoms with Crippen LogP contribution in [0.1, 0.15) is 31.9 Å². The summed E-state index contributed by atoms with van der Waals surface area (Å²) in [5.74, 6) is 1.11. The van der Waals surface area contributed by atoms with Crippen molar-refractivity contribution in [3.63, 3.8) is 0 Å². The van der Waals surface area contributed by atoms with Crippen molar-refractivity contribution in [3.05, 3.63) is 11.9 Å². The Labute approximate surface area is 89.5 Å². The summed E-state index contributed by atoms with van der Waals surface area (Å²) < 4.78 is 1.95. The van der Waals surface area contributed by atoms with E-state index in [1.165, 1.54) is 19.3 Å².